The van der Waals surface area contributed by atoms with Crippen LogP contribution in [0.4, 0.5) is 13.2 Å². The maximum absolute atomic E-state index is 12.3. The van der Waals surface area contributed by atoms with Gasteiger partial charge in [0.25, 0.3) is 5.91 Å². The molecule has 1 fully saturated rings. The second-order valence-electron chi connectivity index (χ2n) is 4.20. The Kier molecular flexibility index (Phi) is 7.64. The number of alkyl halides is 3. The fourth-order valence-electron chi connectivity index (χ4n) is 1.57. The average molecular weight is 352 g/mol. The maximum Gasteiger partial charge on any atom is 0.416 e. The summed E-state index contributed by atoms with van der Waals surface area (Å²) in [6.07, 6.45) is -4.54. The van der Waals surface area contributed by atoms with Crippen molar-refractivity contribution in [3.63, 3.8) is 0 Å². The molecule has 2 N–H and O–H groups in total. The van der Waals surface area contributed by atoms with Gasteiger partial charge in [0.1, 0.15) is 0 Å². The normalized spacial score (nSPS) is 14.4. The van der Waals surface area contributed by atoms with E-state index in [1.165, 1.54) is 0 Å². The average Bonchev–Trinajstić information content (AvgIpc) is 2.49. The Morgan fingerprint density at radius 1 is 1.23 bits per heavy atom. The minimum atomic E-state index is -4.54. The van der Waals surface area contributed by atoms with Gasteiger partial charge < -0.3 is 10.6 Å². The summed E-state index contributed by atoms with van der Waals surface area (Å²) in [5, 5.41) is 8.10. The van der Waals surface area contributed by atoms with E-state index in [9.17, 15) is 18.0 Å². The van der Waals surface area contributed by atoms with Crippen LogP contribution in [0.25, 0.3) is 0 Å². The molecule has 0 unspecified atom stereocenters. The molecule has 0 bridgehead atoms. The first-order valence-electron chi connectivity index (χ1n) is 6.26. The molecule has 1 amide bonds. The number of nitrogens with one attached hydrogen (secondary N) is 2. The summed E-state index contributed by atoms with van der Waals surface area (Å²) in [4.78, 5) is 14.3. The molecule has 4 nitrogen and oxygen atoms in total. The quantitative estimate of drug-likeness (QED) is 0.603. The third kappa shape index (κ3) is 6.21. The van der Waals surface area contributed by atoms with E-state index in [0.717, 1.165) is 38.3 Å². The Morgan fingerprint density at radius 2 is 1.77 bits per heavy atom. The second-order valence-corrected chi connectivity index (χ2v) is 4.79. The highest BCUT2D eigenvalue weighted by Crippen LogP contribution is 2.31. The van der Waals surface area contributed by atoms with Crippen LogP contribution in [-0.4, -0.2) is 37.2 Å². The van der Waals surface area contributed by atoms with E-state index in [4.69, 9.17) is 11.6 Å². The predicted molar refractivity (Wildman–Crippen MR) is 81.5 cm³/mol. The number of piperazine rings is 1. The summed E-state index contributed by atoms with van der Waals surface area (Å²) < 4.78 is 37.0. The molecule has 0 spiro atoms. The number of isothiocyanates is 1. The first-order valence-corrected chi connectivity index (χ1v) is 7.05. The van der Waals surface area contributed by atoms with Gasteiger partial charge in [0.2, 0.25) is 0 Å². The molecule has 2 rings (SSSR count). The molecule has 22 heavy (non-hydrogen) atoms. The molecular weight excluding hydrogens is 339 g/mol. The van der Waals surface area contributed by atoms with Gasteiger partial charge in [-0.2, -0.15) is 18.2 Å². The van der Waals surface area contributed by atoms with E-state index in [-0.39, 0.29) is 10.6 Å². The van der Waals surface area contributed by atoms with Crippen LogP contribution in [0.3, 0.4) is 0 Å². The highest BCUT2D eigenvalue weighted by Gasteiger charge is 2.31. The number of amides is 1. The van der Waals surface area contributed by atoms with Gasteiger partial charge in [-0.15, -0.1) is 0 Å². The van der Waals surface area contributed by atoms with E-state index in [1.807, 2.05) is 0 Å². The molecule has 0 aliphatic carbocycles. The zero-order chi connectivity index (χ0) is 16.6. The van der Waals surface area contributed by atoms with E-state index < -0.39 is 17.6 Å². The van der Waals surface area contributed by atoms with Crippen LogP contribution < -0.4 is 10.6 Å². The fourth-order valence-corrected chi connectivity index (χ4v) is 1.85. The van der Waals surface area contributed by atoms with Gasteiger partial charge in [0.15, 0.2) is 0 Å². The molecule has 0 saturated carbocycles. The molecule has 120 valence electrons. The van der Waals surface area contributed by atoms with Crippen molar-refractivity contribution in [3.05, 3.63) is 34.3 Å². The topological polar surface area (TPSA) is 53.5 Å². The van der Waals surface area contributed by atoms with Crippen LogP contribution in [0.15, 0.2) is 23.2 Å². The number of hydrogen-bond acceptors (Lipinski definition) is 4. The highest BCUT2D eigenvalue weighted by molar-refractivity contribution is 7.78. The summed E-state index contributed by atoms with van der Waals surface area (Å²) in [6.45, 7) is 4.56. The summed E-state index contributed by atoms with van der Waals surface area (Å²) in [7, 11) is 0. The molecule has 1 aromatic rings. The van der Waals surface area contributed by atoms with Crippen LogP contribution in [0.5, 0.6) is 0 Å². The number of carbonyl (C=O) groups excluding carboxylic acids is 1. The first kappa shape index (κ1) is 18.7. The minimum absolute atomic E-state index is 0.119. The Labute approximate surface area is 135 Å². The summed E-state index contributed by atoms with van der Waals surface area (Å²) >= 11 is 9.74. The van der Waals surface area contributed by atoms with Crippen LogP contribution >= 0.6 is 23.8 Å². The van der Waals surface area contributed by atoms with Crippen LogP contribution in [0, 0.1) is 0 Å². The summed E-state index contributed by atoms with van der Waals surface area (Å²) in [6, 6.07) is 2.39. The van der Waals surface area contributed by atoms with E-state index in [2.05, 4.69) is 27.8 Å². The highest BCUT2D eigenvalue weighted by atomic mass is 35.5. The summed E-state index contributed by atoms with van der Waals surface area (Å²) in [5.74, 6) is -0.953. The van der Waals surface area contributed by atoms with Crippen LogP contribution in [-0.2, 0) is 6.18 Å². The second kappa shape index (κ2) is 8.97. The first-order chi connectivity index (χ1) is 10.4. The van der Waals surface area contributed by atoms with Crippen molar-refractivity contribution in [2.45, 2.75) is 6.18 Å². The van der Waals surface area contributed by atoms with Crippen molar-refractivity contribution in [2.24, 2.45) is 4.99 Å². The maximum atomic E-state index is 12.3. The fraction of sp³-hybridized carbons (Fsp3) is 0.385. The van der Waals surface area contributed by atoms with Gasteiger partial charge in [-0.3, -0.25) is 4.79 Å². The number of aliphatic imine (C=N–C) groups is 1. The van der Waals surface area contributed by atoms with Gasteiger partial charge in [0.05, 0.1) is 21.3 Å². The Bertz CT molecular complexity index is 559. The Morgan fingerprint density at radius 3 is 2.18 bits per heavy atom. The summed E-state index contributed by atoms with van der Waals surface area (Å²) in [5.41, 5.74) is -1.33. The molecule has 1 heterocycles. The number of rotatable bonds is 1. The SMILES string of the molecule is C1CNCCN1.O=C(N=C=S)c1cc(C(F)(F)F)ccc1Cl. The van der Waals surface area contributed by atoms with Crippen molar-refractivity contribution in [2.75, 3.05) is 26.2 Å². The van der Waals surface area contributed by atoms with E-state index in [0.29, 0.717) is 6.07 Å². The lowest BCUT2D eigenvalue weighted by atomic mass is 10.1. The molecule has 1 aromatic carbocycles. The number of hydrogen-bond donors (Lipinski definition) is 2. The van der Waals surface area contributed by atoms with Crippen LogP contribution in [0.1, 0.15) is 15.9 Å². The number of thiocarbonyl (C=S) groups is 1. The van der Waals surface area contributed by atoms with Crippen molar-refractivity contribution < 1.29 is 18.0 Å². The Hall–Kier alpha value is -1.31. The van der Waals surface area contributed by atoms with Gasteiger partial charge in [-0.25, -0.2) is 0 Å². The number of benzene rings is 1. The van der Waals surface area contributed by atoms with Crippen molar-refractivity contribution in [3.8, 4) is 0 Å². The predicted octanol–water partition coefficient (Wildman–Crippen LogP) is 2.78. The molecular formula is C13H13ClF3N3OS. The lowest BCUT2D eigenvalue weighted by Crippen LogP contribution is -2.39. The van der Waals surface area contributed by atoms with Crippen molar-refractivity contribution in [1.82, 2.24) is 10.6 Å². The van der Waals surface area contributed by atoms with E-state index >= 15 is 0 Å². The number of carbonyl (C=O) groups is 1. The lowest BCUT2D eigenvalue weighted by molar-refractivity contribution is -0.137. The number of nitrogens with zero attached hydrogens (tertiary/aromatic N) is 1. The third-order valence-corrected chi connectivity index (χ3v) is 3.05. The molecule has 1 saturated heterocycles. The van der Waals surface area contributed by atoms with Crippen LogP contribution in [0.2, 0.25) is 5.02 Å². The molecule has 9 heteroatoms. The largest absolute Gasteiger partial charge is 0.416 e. The van der Waals surface area contributed by atoms with Crippen molar-refractivity contribution >= 4 is 34.9 Å². The third-order valence-electron chi connectivity index (χ3n) is 2.63. The molecule has 1 aliphatic rings. The zero-order valence-electron chi connectivity index (χ0n) is 11.3. The lowest BCUT2D eigenvalue weighted by Gasteiger charge is -2.11. The molecule has 1 aliphatic heterocycles. The van der Waals surface area contributed by atoms with E-state index in [1.54, 1.807) is 5.16 Å². The molecule has 0 aromatic heterocycles. The van der Waals surface area contributed by atoms with Gasteiger partial charge in [0, 0.05) is 26.2 Å². The van der Waals surface area contributed by atoms with Gasteiger partial charge in [-0.05, 0) is 30.4 Å². The van der Waals surface area contributed by atoms with Gasteiger partial charge in [-0.1, -0.05) is 11.6 Å². The van der Waals surface area contributed by atoms with Crippen molar-refractivity contribution in [1.29, 1.82) is 0 Å². The number of halogens is 4. The van der Waals surface area contributed by atoms with Gasteiger partial charge >= 0.3 is 6.18 Å². The monoisotopic (exact) mass is 351 g/mol. The standard InChI is InChI=1S/C9H3ClF3NOS.C4H10N2/c10-7-2-1-5(9(11,12)13)3-6(7)8(15)14-4-16;1-2-6-4-3-5-1/h1-3H;5-6H,1-4H2. The minimum Gasteiger partial charge on any atom is -0.314 e. The smallest absolute Gasteiger partial charge is 0.314 e. The molecule has 0 atom stereocenters. The zero-order valence-corrected chi connectivity index (χ0v) is 12.9. The Balaban J connectivity index is 0.000000335. The molecule has 0 radical (unpaired) electrons.